The highest BCUT2D eigenvalue weighted by atomic mass is 15.2. The number of rotatable bonds is 3. The summed E-state index contributed by atoms with van der Waals surface area (Å²) in [6, 6.07) is 15.1. The number of nitrogens with zero attached hydrogens (tertiary/aromatic N) is 1. The standard InChI is InChI=1S/C19H26N2/c1-19(2,21-13-6-3-7-14-21)18(20)17-12-8-10-15-9-4-5-11-16(15)17/h4-5,8-12,18H,3,6-7,13-14,20H2,1-2H3. The number of nitrogens with two attached hydrogens (primary N) is 1. The van der Waals surface area contributed by atoms with E-state index in [1.54, 1.807) is 0 Å². The molecule has 0 bridgehead atoms. The number of hydrogen-bond acceptors (Lipinski definition) is 2. The second kappa shape index (κ2) is 5.78. The van der Waals surface area contributed by atoms with Crippen molar-refractivity contribution >= 4 is 10.8 Å². The Morgan fingerprint density at radius 3 is 2.38 bits per heavy atom. The van der Waals surface area contributed by atoms with Gasteiger partial charge in [0.25, 0.3) is 0 Å². The number of likely N-dealkylation sites (tertiary alicyclic amines) is 1. The van der Waals surface area contributed by atoms with Gasteiger partial charge in [-0.2, -0.15) is 0 Å². The molecule has 2 aromatic carbocycles. The van der Waals surface area contributed by atoms with E-state index in [2.05, 4.69) is 61.2 Å². The molecule has 0 aliphatic carbocycles. The molecule has 1 atom stereocenters. The molecule has 1 fully saturated rings. The van der Waals surface area contributed by atoms with E-state index in [9.17, 15) is 0 Å². The molecule has 21 heavy (non-hydrogen) atoms. The molecule has 1 aliphatic heterocycles. The summed E-state index contributed by atoms with van der Waals surface area (Å²) >= 11 is 0. The number of piperidine rings is 1. The third kappa shape index (κ3) is 2.70. The van der Waals surface area contributed by atoms with Gasteiger partial charge in [0.05, 0.1) is 0 Å². The Balaban J connectivity index is 1.97. The van der Waals surface area contributed by atoms with Crippen molar-refractivity contribution in [2.45, 2.75) is 44.7 Å². The summed E-state index contributed by atoms with van der Waals surface area (Å²) < 4.78 is 0. The zero-order chi connectivity index (χ0) is 14.9. The van der Waals surface area contributed by atoms with Crippen molar-refractivity contribution in [3.8, 4) is 0 Å². The van der Waals surface area contributed by atoms with Crippen molar-refractivity contribution < 1.29 is 0 Å². The summed E-state index contributed by atoms with van der Waals surface area (Å²) in [6.07, 6.45) is 3.95. The van der Waals surface area contributed by atoms with Crippen molar-refractivity contribution in [3.63, 3.8) is 0 Å². The highest BCUT2D eigenvalue weighted by Gasteiger charge is 2.35. The lowest BCUT2D eigenvalue weighted by molar-refractivity contribution is 0.0733. The molecule has 2 heteroatoms. The maximum Gasteiger partial charge on any atom is 0.0482 e. The first-order valence-corrected chi connectivity index (χ1v) is 8.09. The van der Waals surface area contributed by atoms with Gasteiger partial charge in [0.1, 0.15) is 0 Å². The molecule has 2 aromatic rings. The molecule has 0 spiro atoms. The van der Waals surface area contributed by atoms with Crippen molar-refractivity contribution in [3.05, 3.63) is 48.0 Å². The molecule has 2 N–H and O–H groups in total. The summed E-state index contributed by atoms with van der Waals surface area (Å²) in [7, 11) is 0. The van der Waals surface area contributed by atoms with Crippen LogP contribution in [0.1, 0.15) is 44.7 Å². The van der Waals surface area contributed by atoms with Crippen LogP contribution in [0.25, 0.3) is 10.8 Å². The van der Waals surface area contributed by atoms with E-state index in [0.717, 1.165) is 0 Å². The summed E-state index contributed by atoms with van der Waals surface area (Å²) in [4.78, 5) is 2.57. The maximum atomic E-state index is 6.73. The zero-order valence-electron chi connectivity index (χ0n) is 13.2. The van der Waals surface area contributed by atoms with Crippen LogP contribution in [-0.2, 0) is 0 Å². The zero-order valence-corrected chi connectivity index (χ0v) is 13.2. The van der Waals surface area contributed by atoms with Crippen LogP contribution in [0.4, 0.5) is 0 Å². The van der Waals surface area contributed by atoms with Gasteiger partial charge in [0.15, 0.2) is 0 Å². The van der Waals surface area contributed by atoms with E-state index in [1.807, 2.05) is 0 Å². The van der Waals surface area contributed by atoms with E-state index in [1.165, 1.54) is 48.7 Å². The minimum atomic E-state index is -0.00938. The van der Waals surface area contributed by atoms with Gasteiger partial charge in [-0.15, -0.1) is 0 Å². The monoisotopic (exact) mass is 282 g/mol. The van der Waals surface area contributed by atoms with E-state index >= 15 is 0 Å². The van der Waals surface area contributed by atoms with Crippen LogP contribution in [0.5, 0.6) is 0 Å². The van der Waals surface area contributed by atoms with Gasteiger partial charge in [-0.05, 0) is 56.1 Å². The highest BCUT2D eigenvalue weighted by Crippen LogP contribution is 2.34. The van der Waals surface area contributed by atoms with Crippen LogP contribution in [0.3, 0.4) is 0 Å². The van der Waals surface area contributed by atoms with Crippen LogP contribution in [0.2, 0.25) is 0 Å². The average Bonchev–Trinajstić information content (AvgIpc) is 2.54. The smallest absolute Gasteiger partial charge is 0.0482 e. The highest BCUT2D eigenvalue weighted by molar-refractivity contribution is 5.86. The van der Waals surface area contributed by atoms with Gasteiger partial charge in [0, 0.05) is 11.6 Å². The van der Waals surface area contributed by atoms with Gasteiger partial charge in [-0.3, -0.25) is 4.90 Å². The Bertz CT molecular complexity index is 606. The van der Waals surface area contributed by atoms with Crippen molar-refractivity contribution in [2.24, 2.45) is 5.73 Å². The third-order valence-corrected chi connectivity index (χ3v) is 5.09. The Morgan fingerprint density at radius 2 is 1.62 bits per heavy atom. The van der Waals surface area contributed by atoms with Gasteiger partial charge < -0.3 is 5.73 Å². The SMILES string of the molecule is CC(C)(C(N)c1cccc2ccccc12)N1CCCCC1. The molecule has 0 radical (unpaired) electrons. The maximum absolute atomic E-state index is 6.73. The first kappa shape index (κ1) is 14.6. The first-order chi connectivity index (χ1) is 10.1. The number of fused-ring (bicyclic) bond motifs is 1. The minimum Gasteiger partial charge on any atom is -0.322 e. The van der Waals surface area contributed by atoms with Gasteiger partial charge in [-0.1, -0.05) is 48.9 Å². The van der Waals surface area contributed by atoms with Crippen LogP contribution in [0, 0.1) is 0 Å². The average molecular weight is 282 g/mol. The van der Waals surface area contributed by atoms with E-state index in [4.69, 9.17) is 5.73 Å². The predicted octanol–water partition coefficient (Wildman–Crippen LogP) is 4.10. The Kier molecular flexibility index (Phi) is 4.01. The van der Waals surface area contributed by atoms with Crippen molar-refractivity contribution in [1.82, 2.24) is 4.90 Å². The van der Waals surface area contributed by atoms with E-state index in [0.29, 0.717) is 0 Å². The van der Waals surface area contributed by atoms with Crippen molar-refractivity contribution in [1.29, 1.82) is 0 Å². The largest absolute Gasteiger partial charge is 0.322 e. The second-order valence-electron chi connectivity index (χ2n) is 6.75. The normalized spacial score (nSPS) is 18.8. The molecule has 3 rings (SSSR count). The van der Waals surface area contributed by atoms with Gasteiger partial charge in [0.2, 0.25) is 0 Å². The lowest BCUT2D eigenvalue weighted by Gasteiger charge is -2.45. The summed E-state index contributed by atoms with van der Waals surface area (Å²) in [6.45, 7) is 6.94. The molecule has 1 heterocycles. The third-order valence-electron chi connectivity index (χ3n) is 5.09. The van der Waals surface area contributed by atoms with Gasteiger partial charge >= 0.3 is 0 Å². The Hall–Kier alpha value is -1.38. The lowest BCUT2D eigenvalue weighted by atomic mass is 9.84. The number of benzene rings is 2. The fourth-order valence-electron chi connectivity index (χ4n) is 3.57. The summed E-state index contributed by atoms with van der Waals surface area (Å²) in [5.74, 6) is 0. The lowest BCUT2D eigenvalue weighted by Crippen LogP contribution is -2.53. The van der Waals surface area contributed by atoms with Crippen molar-refractivity contribution in [2.75, 3.05) is 13.1 Å². The van der Waals surface area contributed by atoms with E-state index in [-0.39, 0.29) is 11.6 Å². The summed E-state index contributed by atoms with van der Waals surface area (Å²) in [5.41, 5.74) is 7.99. The quantitative estimate of drug-likeness (QED) is 0.918. The Labute approximate surface area is 127 Å². The molecule has 0 saturated carbocycles. The molecule has 1 aliphatic rings. The van der Waals surface area contributed by atoms with Crippen LogP contribution in [0.15, 0.2) is 42.5 Å². The molecule has 0 amide bonds. The predicted molar refractivity (Wildman–Crippen MR) is 90.4 cm³/mol. The molecule has 1 unspecified atom stereocenters. The Morgan fingerprint density at radius 1 is 0.952 bits per heavy atom. The fraction of sp³-hybridized carbons (Fsp3) is 0.474. The minimum absolute atomic E-state index is 0.00938. The molecule has 112 valence electrons. The number of hydrogen-bond donors (Lipinski definition) is 1. The second-order valence-corrected chi connectivity index (χ2v) is 6.75. The topological polar surface area (TPSA) is 29.3 Å². The van der Waals surface area contributed by atoms with E-state index < -0.39 is 0 Å². The van der Waals surface area contributed by atoms with Crippen LogP contribution in [-0.4, -0.2) is 23.5 Å². The molecule has 1 saturated heterocycles. The van der Waals surface area contributed by atoms with Crippen LogP contribution >= 0.6 is 0 Å². The fourth-order valence-corrected chi connectivity index (χ4v) is 3.57. The first-order valence-electron chi connectivity index (χ1n) is 8.09. The van der Waals surface area contributed by atoms with Gasteiger partial charge in [-0.25, -0.2) is 0 Å². The molecule has 0 aromatic heterocycles. The molecular weight excluding hydrogens is 256 g/mol. The molecular formula is C19H26N2. The molecule has 2 nitrogen and oxygen atoms in total. The van der Waals surface area contributed by atoms with Crippen LogP contribution < -0.4 is 5.73 Å². The summed E-state index contributed by atoms with van der Waals surface area (Å²) in [5, 5.41) is 2.57.